The minimum Gasteiger partial charge on any atom is -1.00 e. The minimum atomic E-state index is 0. The zero-order valence-electron chi connectivity index (χ0n) is 17.8. The molecular weight excluding hydrogens is 453 g/mol. The first-order chi connectivity index (χ1) is 15.7. The van der Waals surface area contributed by atoms with Gasteiger partial charge in [0.1, 0.15) is 17.2 Å². The molecule has 0 N–H and O–H groups in total. The molecule has 0 saturated carbocycles. The molecule has 0 fully saturated rings. The standard InChI is InChI=1S/C28H20ClNO2.ClH/c1-31-22-15-11-20(12-16-22)27-28(32-23-17-13-21(29)14-18-23)26(19-7-3-2-4-8-19)24-9-5-6-10-25(24)30-27;/h2-18H,1H3;1H/p-1. The summed E-state index contributed by atoms with van der Waals surface area (Å²) in [4.78, 5) is 5.01. The van der Waals surface area contributed by atoms with Crippen LogP contribution in [0.5, 0.6) is 17.2 Å². The lowest BCUT2D eigenvalue weighted by Crippen LogP contribution is -3.00. The molecule has 5 rings (SSSR count). The Kier molecular flexibility index (Phi) is 6.83. The van der Waals surface area contributed by atoms with Crippen molar-refractivity contribution in [1.82, 2.24) is 4.98 Å². The summed E-state index contributed by atoms with van der Waals surface area (Å²) in [5, 5.41) is 1.69. The van der Waals surface area contributed by atoms with Crippen LogP contribution in [0, 0.1) is 0 Å². The second-order valence-electron chi connectivity index (χ2n) is 7.33. The summed E-state index contributed by atoms with van der Waals surface area (Å²) in [5.41, 5.74) is 4.67. The highest BCUT2D eigenvalue weighted by molar-refractivity contribution is 6.30. The predicted molar refractivity (Wildman–Crippen MR) is 131 cm³/mol. The highest BCUT2D eigenvalue weighted by Crippen LogP contribution is 2.44. The minimum absolute atomic E-state index is 0. The molecule has 0 amide bonds. The van der Waals surface area contributed by atoms with Crippen molar-refractivity contribution in [2.75, 3.05) is 7.11 Å². The van der Waals surface area contributed by atoms with Gasteiger partial charge in [-0.2, -0.15) is 0 Å². The van der Waals surface area contributed by atoms with Gasteiger partial charge in [-0.25, -0.2) is 4.98 Å². The van der Waals surface area contributed by atoms with Crippen molar-refractivity contribution in [2.45, 2.75) is 0 Å². The van der Waals surface area contributed by atoms with Crippen LogP contribution >= 0.6 is 11.6 Å². The van der Waals surface area contributed by atoms with Crippen LogP contribution in [0.3, 0.4) is 0 Å². The summed E-state index contributed by atoms with van der Waals surface area (Å²) in [6, 6.07) is 33.6. The number of methoxy groups -OCH3 is 1. The molecule has 0 unspecified atom stereocenters. The molecule has 0 atom stereocenters. The van der Waals surface area contributed by atoms with Gasteiger partial charge in [-0.3, -0.25) is 0 Å². The van der Waals surface area contributed by atoms with Crippen molar-refractivity contribution in [3.05, 3.63) is 108 Å². The first-order valence-electron chi connectivity index (χ1n) is 10.3. The Hall–Kier alpha value is -3.53. The van der Waals surface area contributed by atoms with E-state index in [1.165, 1.54) is 0 Å². The summed E-state index contributed by atoms with van der Waals surface area (Å²) in [6.07, 6.45) is 0. The molecule has 0 aliphatic carbocycles. The third kappa shape index (κ3) is 4.65. The molecule has 0 radical (unpaired) electrons. The van der Waals surface area contributed by atoms with Gasteiger partial charge in [-0.15, -0.1) is 0 Å². The second-order valence-corrected chi connectivity index (χ2v) is 7.77. The van der Waals surface area contributed by atoms with Crippen molar-refractivity contribution >= 4 is 22.5 Å². The zero-order chi connectivity index (χ0) is 21.9. The molecule has 0 aliphatic rings. The highest BCUT2D eigenvalue weighted by atomic mass is 35.5. The number of ether oxygens (including phenoxy) is 2. The van der Waals surface area contributed by atoms with Gasteiger partial charge in [-0.05, 0) is 60.2 Å². The summed E-state index contributed by atoms with van der Waals surface area (Å²) in [5.74, 6) is 2.18. The van der Waals surface area contributed by atoms with Crippen molar-refractivity contribution in [2.24, 2.45) is 0 Å². The van der Waals surface area contributed by atoms with Crippen LogP contribution in [0.2, 0.25) is 5.02 Å². The van der Waals surface area contributed by atoms with Crippen molar-refractivity contribution < 1.29 is 21.9 Å². The Labute approximate surface area is 204 Å². The maximum atomic E-state index is 6.52. The number of para-hydroxylation sites is 1. The van der Waals surface area contributed by atoms with Crippen LogP contribution < -0.4 is 21.9 Å². The second kappa shape index (κ2) is 9.95. The largest absolute Gasteiger partial charge is 1.00 e. The molecule has 5 aromatic rings. The van der Waals surface area contributed by atoms with Gasteiger partial charge in [0.25, 0.3) is 0 Å². The molecule has 0 spiro atoms. The summed E-state index contributed by atoms with van der Waals surface area (Å²) in [6.45, 7) is 0. The van der Waals surface area contributed by atoms with Crippen LogP contribution in [0.15, 0.2) is 103 Å². The number of hydrogen-bond donors (Lipinski definition) is 0. The van der Waals surface area contributed by atoms with Gasteiger partial charge >= 0.3 is 0 Å². The molecule has 164 valence electrons. The number of pyridine rings is 1. The van der Waals surface area contributed by atoms with E-state index in [0.29, 0.717) is 16.5 Å². The normalized spacial score (nSPS) is 10.5. The fourth-order valence-corrected chi connectivity index (χ4v) is 3.88. The van der Waals surface area contributed by atoms with Gasteiger partial charge in [-0.1, -0.05) is 60.1 Å². The number of nitrogens with zero attached hydrogens (tertiary/aromatic N) is 1. The van der Waals surface area contributed by atoms with Gasteiger partial charge in [0.05, 0.1) is 12.6 Å². The van der Waals surface area contributed by atoms with Gasteiger partial charge < -0.3 is 21.9 Å². The van der Waals surface area contributed by atoms with Crippen molar-refractivity contribution in [3.8, 4) is 39.6 Å². The quantitative estimate of drug-likeness (QED) is 0.359. The molecular formula is C28H20Cl2NO2-. The van der Waals surface area contributed by atoms with E-state index in [-0.39, 0.29) is 12.4 Å². The fourth-order valence-electron chi connectivity index (χ4n) is 3.75. The zero-order valence-corrected chi connectivity index (χ0v) is 19.3. The lowest BCUT2D eigenvalue weighted by Gasteiger charge is -2.18. The fraction of sp³-hybridized carbons (Fsp3) is 0.0357. The molecule has 0 saturated heterocycles. The van der Waals surface area contributed by atoms with Crippen LogP contribution in [0.1, 0.15) is 0 Å². The van der Waals surface area contributed by atoms with E-state index in [1.54, 1.807) is 7.11 Å². The average molecular weight is 473 g/mol. The summed E-state index contributed by atoms with van der Waals surface area (Å²) < 4.78 is 11.9. The molecule has 1 aromatic heterocycles. The monoisotopic (exact) mass is 472 g/mol. The van der Waals surface area contributed by atoms with Crippen LogP contribution in [0.4, 0.5) is 0 Å². The summed E-state index contributed by atoms with van der Waals surface area (Å²) in [7, 11) is 1.66. The lowest BCUT2D eigenvalue weighted by atomic mass is 9.96. The Bertz CT molecular complexity index is 1370. The van der Waals surface area contributed by atoms with Crippen LogP contribution in [0.25, 0.3) is 33.3 Å². The maximum absolute atomic E-state index is 6.52. The number of rotatable bonds is 5. The van der Waals surface area contributed by atoms with Crippen molar-refractivity contribution in [1.29, 1.82) is 0 Å². The van der Waals surface area contributed by atoms with E-state index in [2.05, 4.69) is 18.2 Å². The first kappa shape index (κ1) is 22.7. The molecule has 33 heavy (non-hydrogen) atoms. The molecule has 5 heteroatoms. The van der Waals surface area contributed by atoms with Gasteiger partial charge in [0.2, 0.25) is 0 Å². The molecule has 3 nitrogen and oxygen atoms in total. The SMILES string of the molecule is COc1ccc(-c2nc3ccccc3c(-c3ccccc3)c2Oc2ccc(Cl)cc2)cc1.[Cl-]. The Morgan fingerprint density at radius 1 is 0.667 bits per heavy atom. The number of aromatic nitrogens is 1. The Morgan fingerprint density at radius 3 is 2.00 bits per heavy atom. The lowest BCUT2D eigenvalue weighted by molar-refractivity contribution is -0.00000688. The van der Waals surface area contributed by atoms with E-state index in [0.717, 1.165) is 39.0 Å². The maximum Gasteiger partial charge on any atom is 0.162 e. The molecule has 0 aliphatic heterocycles. The van der Waals surface area contributed by atoms with Crippen LogP contribution in [-0.4, -0.2) is 12.1 Å². The topological polar surface area (TPSA) is 31.4 Å². The van der Waals surface area contributed by atoms with Gasteiger partial charge in [0, 0.05) is 21.5 Å². The van der Waals surface area contributed by atoms with E-state index in [4.69, 9.17) is 26.1 Å². The third-order valence-corrected chi connectivity index (χ3v) is 5.56. The van der Waals surface area contributed by atoms with E-state index in [9.17, 15) is 0 Å². The average Bonchev–Trinajstić information content (AvgIpc) is 2.85. The number of halogens is 2. The van der Waals surface area contributed by atoms with E-state index < -0.39 is 0 Å². The summed E-state index contributed by atoms with van der Waals surface area (Å²) >= 11 is 6.10. The van der Waals surface area contributed by atoms with E-state index >= 15 is 0 Å². The van der Waals surface area contributed by atoms with Gasteiger partial charge in [0.15, 0.2) is 5.75 Å². The highest BCUT2D eigenvalue weighted by Gasteiger charge is 2.20. The number of hydrogen-bond acceptors (Lipinski definition) is 3. The van der Waals surface area contributed by atoms with Crippen molar-refractivity contribution in [3.63, 3.8) is 0 Å². The number of benzene rings is 4. The molecule has 0 bridgehead atoms. The Morgan fingerprint density at radius 2 is 1.30 bits per heavy atom. The molecule has 1 heterocycles. The number of fused-ring (bicyclic) bond motifs is 1. The molecule has 4 aromatic carbocycles. The third-order valence-electron chi connectivity index (χ3n) is 5.31. The Balaban J connectivity index is 0.00000259. The smallest absolute Gasteiger partial charge is 0.162 e. The van der Waals surface area contributed by atoms with E-state index in [1.807, 2.05) is 84.9 Å². The predicted octanol–water partition coefficient (Wildman–Crippen LogP) is 5.03. The first-order valence-corrected chi connectivity index (χ1v) is 10.7. The van der Waals surface area contributed by atoms with Crippen LogP contribution in [-0.2, 0) is 0 Å².